The number of hydrogen-bond acceptors (Lipinski definition) is 5. The third kappa shape index (κ3) is 4.59. The number of alkyl halides is 3. The van der Waals surface area contributed by atoms with Crippen molar-refractivity contribution in [3.8, 4) is 0 Å². The zero-order valence-corrected chi connectivity index (χ0v) is 18.2. The first kappa shape index (κ1) is 21.9. The number of halogens is 3. The first-order valence-corrected chi connectivity index (χ1v) is 11.3. The van der Waals surface area contributed by atoms with E-state index in [2.05, 4.69) is 19.8 Å². The second-order valence-electron chi connectivity index (χ2n) is 8.93. The SMILES string of the molecule is O=C(CN1CC2CCC(C1)N2c1ncccn1)N1CC=C(c2cccc(C(F)(F)F)c2)CC1. The number of rotatable bonds is 4. The Hall–Kier alpha value is -2.94. The molecule has 33 heavy (non-hydrogen) atoms. The fourth-order valence-corrected chi connectivity index (χ4v) is 5.21. The van der Waals surface area contributed by atoms with Crippen molar-refractivity contribution in [2.24, 2.45) is 0 Å². The topological polar surface area (TPSA) is 52.6 Å². The van der Waals surface area contributed by atoms with Crippen molar-refractivity contribution in [1.29, 1.82) is 0 Å². The van der Waals surface area contributed by atoms with E-state index in [9.17, 15) is 18.0 Å². The number of hydrogen-bond donors (Lipinski definition) is 0. The minimum absolute atomic E-state index is 0.0677. The number of fused-ring (bicyclic) bond motifs is 2. The zero-order valence-electron chi connectivity index (χ0n) is 18.2. The predicted molar refractivity (Wildman–Crippen MR) is 118 cm³/mol. The van der Waals surface area contributed by atoms with E-state index in [0.29, 0.717) is 43.7 Å². The van der Waals surface area contributed by atoms with Gasteiger partial charge in [0.05, 0.1) is 12.1 Å². The molecule has 0 N–H and O–H groups in total. The third-order valence-corrected chi connectivity index (χ3v) is 6.82. The van der Waals surface area contributed by atoms with Crippen molar-refractivity contribution < 1.29 is 18.0 Å². The number of amides is 1. The molecule has 1 amide bonds. The summed E-state index contributed by atoms with van der Waals surface area (Å²) in [6.07, 6.45) is 3.73. The second kappa shape index (κ2) is 8.78. The van der Waals surface area contributed by atoms with Gasteiger partial charge in [-0.15, -0.1) is 0 Å². The van der Waals surface area contributed by atoms with Crippen molar-refractivity contribution in [3.05, 3.63) is 59.9 Å². The van der Waals surface area contributed by atoms with Crippen molar-refractivity contribution in [2.45, 2.75) is 37.5 Å². The van der Waals surface area contributed by atoms with Crippen LogP contribution in [0.5, 0.6) is 0 Å². The standard InChI is InChI=1S/C24H26F3N5O/c25-24(26,27)19-4-1-3-18(13-19)17-7-11-31(12-8-17)22(33)16-30-14-20-5-6-21(15-30)32(20)23-28-9-2-10-29-23/h1-4,7,9-10,13,20-21H,5-6,8,11-12,14-16H2. The summed E-state index contributed by atoms with van der Waals surface area (Å²) in [7, 11) is 0. The van der Waals surface area contributed by atoms with Crippen molar-refractivity contribution in [1.82, 2.24) is 19.8 Å². The van der Waals surface area contributed by atoms with E-state index in [1.807, 2.05) is 12.1 Å². The van der Waals surface area contributed by atoms with Gasteiger partial charge >= 0.3 is 6.18 Å². The molecule has 1 aromatic heterocycles. The average molecular weight is 458 g/mol. The van der Waals surface area contributed by atoms with Crippen LogP contribution < -0.4 is 4.90 Å². The van der Waals surface area contributed by atoms with Gasteiger partial charge in [-0.1, -0.05) is 18.2 Å². The summed E-state index contributed by atoms with van der Waals surface area (Å²) in [5.74, 6) is 0.831. The van der Waals surface area contributed by atoms with Crippen LogP contribution in [0, 0.1) is 0 Å². The molecule has 2 atom stereocenters. The summed E-state index contributed by atoms with van der Waals surface area (Å²) in [6.45, 7) is 2.92. The maximum Gasteiger partial charge on any atom is 0.416 e. The molecule has 0 radical (unpaired) electrons. The largest absolute Gasteiger partial charge is 0.416 e. The fraction of sp³-hybridized carbons (Fsp3) is 0.458. The molecule has 174 valence electrons. The Kier molecular flexibility index (Phi) is 5.82. The van der Waals surface area contributed by atoms with Crippen molar-refractivity contribution >= 4 is 17.4 Å². The van der Waals surface area contributed by atoms with Crippen LogP contribution >= 0.6 is 0 Å². The molecule has 2 aromatic rings. The Morgan fingerprint density at radius 3 is 2.42 bits per heavy atom. The molecule has 4 heterocycles. The molecule has 0 spiro atoms. The highest BCUT2D eigenvalue weighted by molar-refractivity contribution is 5.80. The summed E-state index contributed by atoms with van der Waals surface area (Å²) in [4.78, 5) is 28.1. The molecule has 1 aromatic carbocycles. The Balaban J connectivity index is 1.18. The molecule has 9 heteroatoms. The molecule has 2 fully saturated rings. The van der Waals surface area contributed by atoms with E-state index < -0.39 is 11.7 Å². The van der Waals surface area contributed by atoms with Gasteiger partial charge in [-0.3, -0.25) is 9.69 Å². The van der Waals surface area contributed by atoms with Gasteiger partial charge in [0.1, 0.15) is 0 Å². The van der Waals surface area contributed by atoms with Gasteiger partial charge in [0.15, 0.2) is 0 Å². The lowest BCUT2D eigenvalue weighted by Crippen LogP contribution is -2.56. The summed E-state index contributed by atoms with van der Waals surface area (Å²) in [5, 5.41) is 0. The van der Waals surface area contributed by atoms with Crippen molar-refractivity contribution in [2.75, 3.05) is 37.6 Å². The smallest absolute Gasteiger partial charge is 0.338 e. The Morgan fingerprint density at radius 1 is 1.06 bits per heavy atom. The summed E-state index contributed by atoms with van der Waals surface area (Å²) >= 11 is 0. The molecule has 2 saturated heterocycles. The Morgan fingerprint density at radius 2 is 1.79 bits per heavy atom. The van der Waals surface area contributed by atoms with Gasteiger partial charge in [0.2, 0.25) is 11.9 Å². The highest BCUT2D eigenvalue weighted by Crippen LogP contribution is 2.34. The van der Waals surface area contributed by atoms with Crippen LogP contribution in [0.4, 0.5) is 19.1 Å². The summed E-state index contributed by atoms with van der Waals surface area (Å²) in [6, 6.07) is 7.84. The minimum atomic E-state index is -4.36. The zero-order chi connectivity index (χ0) is 23.0. The second-order valence-corrected chi connectivity index (χ2v) is 8.93. The van der Waals surface area contributed by atoms with Crippen LogP contribution in [0.3, 0.4) is 0 Å². The molecular weight excluding hydrogens is 431 g/mol. The molecule has 0 aliphatic carbocycles. The van der Waals surface area contributed by atoms with Gasteiger partial charge in [-0.05, 0) is 48.6 Å². The number of nitrogens with zero attached hydrogens (tertiary/aromatic N) is 5. The first-order valence-electron chi connectivity index (χ1n) is 11.3. The molecular formula is C24H26F3N5O. The van der Waals surface area contributed by atoms with Crippen LogP contribution in [0.15, 0.2) is 48.8 Å². The van der Waals surface area contributed by atoms with Crippen LogP contribution in [-0.2, 0) is 11.0 Å². The van der Waals surface area contributed by atoms with E-state index >= 15 is 0 Å². The fourth-order valence-electron chi connectivity index (χ4n) is 5.21. The molecule has 3 aliphatic heterocycles. The van der Waals surface area contributed by atoms with E-state index in [1.54, 1.807) is 23.4 Å². The number of aromatic nitrogens is 2. The van der Waals surface area contributed by atoms with Gasteiger partial charge in [0.25, 0.3) is 0 Å². The third-order valence-electron chi connectivity index (χ3n) is 6.82. The van der Waals surface area contributed by atoms with E-state index in [4.69, 9.17) is 0 Å². The number of likely N-dealkylation sites (tertiary alicyclic amines) is 1. The van der Waals surface area contributed by atoms with Gasteiger partial charge in [-0.2, -0.15) is 13.2 Å². The lowest BCUT2D eigenvalue weighted by atomic mass is 9.97. The van der Waals surface area contributed by atoms with Crippen LogP contribution in [-0.4, -0.2) is 70.5 Å². The van der Waals surface area contributed by atoms with E-state index in [1.165, 1.54) is 12.1 Å². The number of benzene rings is 1. The lowest BCUT2D eigenvalue weighted by Gasteiger charge is -2.41. The number of piperazine rings is 1. The minimum Gasteiger partial charge on any atom is -0.338 e. The normalized spacial score (nSPS) is 23.5. The number of carbonyl (C=O) groups is 1. The first-order chi connectivity index (χ1) is 15.9. The molecule has 3 aliphatic rings. The number of anilines is 1. The lowest BCUT2D eigenvalue weighted by molar-refractivity contribution is -0.137. The summed E-state index contributed by atoms with van der Waals surface area (Å²) < 4.78 is 39.1. The predicted octanol–water partition coefficient (Wildman–Crippen LogP) is 3.46. The Bertz CT molecular complexity index is 1030. The number of carbonyl (C=O) groups excluding carboxylic acids is 1. The average Bonchev–Trinajstić information content (AvgIpc) is 3.09. The van der Waals surface area contributed by atoms with E-state index in [-0.39, 0.29) is 5.91 Å². The summed E-state index contributed by atoms with van der Waals surface area (Å²) in [5.41, 5.74) is 0.793. The van der Waals surface area contributed by atoms with Crippen LogP contribution in [0.25, 0.3) is 5.57 Å². The van der Waals surface area contributed by atoms with Crippen LogP contribution in [0.1, 0.15) is 30.4 Å². The maximum absolute atomic E-state index is 13.0. The highest BCUT2D eigenvalue weighted by atomic mass is 19.4. The monoisotopic (exact) mass is 457 g/mol. The van der Waals surface area contributed by atoms with E-state index in [0.717, 1.165) is 43.5 Å². The molecule has 2 bridgehead atoms. The molecule has 5 rings (SSSR count). The Labute approximate surface area is 190 Å². The van der Waals surface area contributed by atoms with Gasteiger partial charge in [-0.25, -0.2) is 9.97 Å². The van der Waals surface area contributed by atoms with Crippen LogP contribution in [0.2, 0.25) is 0 Å². The van der Waals surface area contributed by atoms with Gasteiger partial charge in [0, 0.05) is 50.7 Å². The quantitative estimate of drug-likeness (QED) is 0.704. The van der Waals surface area contributed by atoms with Crippen molar-refractivity contribution in [3.63, 3.8) is 0 Å². The maximum atomic E-state index is 13.0. The molecule has 0 saturated carbocycles. The highest BCUT2D eigenvalue weighted by Gasteiger charge is 2.41. The van der Waals surface area contributed by atoms with Gasteiger partial charge < -0.3 is 9.80 Å². The molecule has 6 nitrogen and oxygen atoms in total. The molecule has 2 unspecified atom stereocenters.